The van der Waals surface area contributed by atoms with E-state index in [0.29, 0.717) is 6.04 Å². The molecule has 0 bridgehead atoms. The third kappa shape index (κ3) is 3.57. The fourth-order valence-electron chi connectivity index (χ4n) is 1.73. The second-order valence-electron chi connectivity index (χ2n) is 4.11. The summed E-state index contributed by atoms with van der Waals surface area (Å²) in [6.07, 6.45) is 0. The molecule has 0 spiro atoms. The zero-order chi connectivity index (χ0) is 13.0. The SMILES string of the molecule is COc1cccc([C@H](C)NCc2cc(Br)cs2)c1. The molecule has 0 fully saturated rings. The summed E-state index contributed by atoms with van der Waals surface area (Å²) in [5.74, 6) is 0.903. The van der Waals surface area contributed by atoms with Gasteiger partial charge in [-0.25, -0.2) is 0 Å². The van der Waals surface area contributed by atoms with E-state index in [0.717, 1.165) is 16.8 Å². The van der Waals surface area contributed by atoms with Crippen LogP contribution in [0, 0.1) is 0 Å². The molecule has 2 rings (SSSR count). The van der Waals surface area contributed by atoms with Crippen molar-refractivity contribution < 1.29 is 4.74 Å². The Morgan fingerprint density at radius 2 is 2.22 bits per heavy atom. The van der Waals surface area contributed by atoms with Gasteiger partial charge in [-0.2, -0.15) is 0 Å². The van der Waals surface area contributed by atoms with Crippen molar-refractivity contribution >= 4 is 27.3 Å². The molecule has 1 atom stereocenters. The number of thiophene rings is 1. The number of methoxy groups -OCH3 is 1. The van der Waals surface area contributed by atoms with Gasteiger partial charge in [-0.05, 0) is 46.6 Å². The minimum absolute atomic E-state index is 0.306. The number of rotatable bonds is 5. The smallest absolute Gasteiger partial charge is 0.119 e. The van der Waals surface area contributed by atoms with Crippen molar-refractivity contribution in [1.29, 1.82) is 0 Å². The van der Waals surface area contributed by atoms with Crippen LogP contribution in [0.1, 0.15) is 23.4 Å². The number of benzene rings is 1. The van der Waals surface area contributed by atoms with Crippen LogP contribution in [0.3, 0.4) is 0 Å². The molecule has 0 aliphatic heterocycles. The van der Waals surface area contributed by atoms with Gasteiger partial charge in [0.05, 0.1) is 7.11 Å². The number of ether oxygens (including phenoxy) is 1. The molecule has 0 unspecified atom stereocenters. The lowest BCUT2D eigenvalue weighted by atomic mass is 10.1. The molecule has 18 heavy (non-hydrogen) atoms. The van der Waals surface area contributed by atoms with Gasteiger partial charge in [-0.1, -0.05) is 12.1 Å². The summed E-state index contributed by atoms with van der Waals surface area (Å²) in [4.78, 5) is 1.33. The zero-order valence-electron chi connectivity index (χ0n) is 10.4. The van der Waals surface area contributed by atoms with E-state index >= 15 is 0 Å². The van der Waals surface area contributed by atoms with Crippen molar-refractivity contribution in [3.63, 3.8) is 0 Å². The van der Waals surface area contributed by atoms with Crippen LogP contribution in [-0.2, 0) is 6.54 Å². The van der Waals surface area contributed by atoms with Crippen molar-refractivity contribution in [2.75, 3.05) is 7.11 Å². The van der Waals surface area contributed by atoms with Crippen LogP contribution in [0.15, 0.2) is 40.2 Å². The monoisotopic (exact) mass is 325 g/mol. The first-order chi connectivity index (χ1) is 8.69. The van der Waals surface area contributed by atoms with E-state index in [9.17, 15) is 0 Å². The lowest BCUT2D eigenvalue weighted by Gasteiger charge is -2.14. The summed E-state index contributed by atoms with van der Waals surface area (Å²) in [6.45, 7) is 3.05. The van der Waals surface area contributed by atoms with Crippen LogP contribution in [0.4, 0.5) is 0 Å². The molecule has 1 N–H and O–H groups in total. The van der Waals surface area contributed by atoms with E-state index < -0.39 is 0 Å². The largest absolute Gasteiger partial charge is 0.497 e. The highest BCUT2D eigenvalue weighted by Gasteiger charge is 2.06. The minimum Gasteiger partial charge on any atom is -0.497 e. The quantitative estimate of drug-likeness (QED) is 0.881. The Morgan fingerprint density at radius 3 is 2.89 bits per heavy atom. The summed E-state index contributed by atoms with van der Waals surface area (Å²) >= 11 is 5.23. The fraction of sp³-hybridized carbons (Fsp3) is 0.286. The molecular formula is C14H16BrNOS. The van der Waals surface area contributed by atoms with Crippen LogP contribution in [0.5, 0.6) is 5.75 Å². The Bertz CT molecular complexity index is 512. The van der Waals surface area contributed by atoms with Crippen molar-refractivity contribution in [3.05, 3.63) is 50.6 Å². The lowest BCUT2D eigenvalue weighted by molar-refractivity contribution is 0.413. The maximum absolute atomic E-state index is 5.24. The van der Waals surface area contributed by atoms with Crippen molar-refractivity contribution in [3.8, 4) is 5.75 Å². The second-order valence-corrected chi connectivity index (χ2v) is 6.02. The molecule has 1 aromatic heterocycles. The van der Waals surface area contributed by atoms with Gasteiger partial charge < -0.3 is 10.1 Å². The van der Waals surface area contributed by atoms with Crippen LogP contribution in [-0.4, -0.2) is 7.11 Å². The van der Waals surface area contributed by atoms with Gasteiger partial charge in [0.25, 0.3) is 0 Å². The highest BCUT2D eigenvalue weighted by Crippen LogP contribution is 2.22. The molecule has 0 aliphatic rings. The Labute approximate surface area is 120 Å². The first kappa shape index (κ1) is 13.6. The van der Waals surface area contributed by atoms with Crippen molar-refractivity contribution in [2.24, 2.45) is 0 Å². The highest BCUT2D eigenvalue weighted by atomic mass is 79.9. The van der Waals surface area contributed by atoms with Gasteiger partial charge in [0, 0.05) is 27.3 Å². The third-order valence-electron chi connectivity index (χ3n) is 2.80. The number of hydrogen-bond donors (Lipinski definition) is 1. The topological polar surface area (TPSA) is 21.3 Å². The predicted octanol–water partition coefficient (Wildman–Crippen LogP) is 4.37. The maximum Gasteiger partial charge on any atom is 0.119 e. The molecule has 2 nitrogen and oxygen atoms in total. The van der Waals surface area contributed by atoms with E-state index in [4.69, 9.17) is 4.74 Å². The molecule has 2 aromatic rings. The van der Waals surface area contributed by atoms with Gasteiger partial charge in [0.1, 0.15) is 5.75 Å². The third-order valence-corrected chi connectivity index (χ3v) is 4.50. The second kappa shape index (κ2) is 6.36. The van der Waals surface area contributed by atoms with E-state index in [1.165, 1.54) is 10.4 Å². The molecule has 0 radical (unpaired) electrons. The van der Waals surface area contributed by atoms with Crippen molar-refractivity contribution in [1.82, 2.24) is 5.32 Å². The van der Waals surface area contributed by atoms with E-state index in [2.05, 4.69) is 51.7 Å². The molecule has 4 heteroatoms. The van der Waals surface area contributed by atoms with Crippen LogP contribution in [0.25, 0.3) is 0 Å². The Hall–Kier alpha value is -0.840. The summed E-state index contributed by atoms with van der Waals surface area (Å²) < 4.78 is 6.39. The first-order valence-electron chi connectivity index (χ1n) is 5.79. The van der Waals surface area contributed by atoms with Gasteiger partial charge in [-0.3, -0.25) is 0 Å². The number of nitrogens with one attached hydrogen (secondary N) is 1. The molecule has 96 valence electrons. The molecular weight excluding hydrogens is 310 g/mol. The minimum atomic E-state index is 0.306. The predicted molar refractivity (Wildman–Crippen MR) is 80.3 cm³/mol. The van der Waals surface area contributed by atoms with E-state index in [1.54, 1.807) is 18.4 Å². The Balaban J connectivity index is 1.96. The fourth-order valence-corrected chi connectivity index (χ4v) is 3.13. The highest BCUT2D eigenvalue weighted by molar-refractivity contribution is 9.10. The van der Waals surface area contributed by atoms with E-state index in [1.807, 2.05) is 12.1 Å². The van der Waals surface area contributed by atoms with Gasteiger partial charge in [-0.15, -0.1) is 11.3 Å². The Kier molecular flexibility index (Phi) is 4.80. The van der Waals surface area contributed by atoms with Crippen LogP contribution < -0.4 is 10.1 Å². The maximum atomic E-state index is 5.24. The average molecular weight is 326 g/mol. The molecule has 0 saturated heterocycles. The van der Waals surface area contributed by atoms with Crippen LogP contribution >= 0.6 is 27.3 Å². The summed E-state index contributed by atoms with van der Waals surface area (Å²) in [6, 6.07) is 10.6. The Morgan fingerprint density at radius 1 is 1.39 bits per heavy atom. The number of halogens is 1. The molecule has 1 heterocycles. The first-order valence-corrected chi connectivity index (χ1v) is 7.46. The molecule has 0 amide bonds. The van der Waals surface area contributed by atoms with Gasteiger partial charge in [0.15, 0.2) is 0 Å². The van der Waals surface area contributed by atoms with Gasteiger partial charge in [0.2, 0.25) is 0 Å². The molecule has 1 aromatic carbocycles. The van der Waals surface area contributed by atoms with E-state index in [-0.39, 0.29) is 0 Å². The molecule has 0 saturated carbocycles. The summed E-state index contributed by atoms with van der Waals surface area (Å²) in [5.41, 5.74) is 1.24. The summed E-state index contributed by atoms with van der Waals surface area (Å²) in [5, 5.41) is 5.62. The molecule has 0 aliphatic carbocycles. The van der Waals surface area contributed by atoms with Crippen molar-refractivity contribution in [2.45, 2.75) is 19.5 Å². The number of hydrogen-bond acceptors (Lipinski definition) is 3. The zero-order valence-corrected chi connectivity index (χ0v) is 12.8. The lowest BCUT2D eigenvalue weighted by Crippen LogP contribution is -2.17. The van der Waals surface area contributed by atoms with Gasteiger partial charge >= 0.3 is 0 Å². The average Bonchev–Trinajstić information content (AvgIpc) is 2.82. The summed E-state index contributed by atoms with van der Waals surface area (Å²) in [7, 11) is 1.69. The standard InChI is InChI=1S/C14H16BrNOS/c1-10(11-4-3-5-13(6-11)17-2)16-8-14-7-12(15)9-18-14/h3-7,9-10,16H,8H2,1-2H3/t10-/m0/s1. The normalized spacial score (nSPS) is 12.4. The van der Waals surface area contributed by atoms with Crippen LogP contribution in [0.2, 0.25) is 0 Å².